The van der Waals surface area contributed by atoms with Crippen molar-refractivity contribution in [1.29, 1.82) is 0 Å². The number of hydrogen-bond donors (Lipinski definition) is 1. The molecule has 1 N–H and O–H groups in total. The van der Waals surface area contributed by atoms with Crippen molar-refractivity contribution in [1.82, 2.24) is 4.90 Å². The fraction of sp³-hybridized carbons (Fsp3) is 0.500. The van der Waals surface area contributed by atoms with Crippen molar-refractivity contribution in [2.45, 2.75) is 38.8 Å². The van der Waals surface area contributed by atoms with Gasteiger partial charge in [0.15, 0.2) is 0 Å². The Bertz CT molecular complexity index is 552. The number of carbonyl (C=O) groups is 2. The third-order valence-electron chi connectivity index (χ3n) is 3.86. The Balaban J connectivity index is 1.92. The number of carboxylic acids is 1. The Morgan fingerprint density at radius 3 is 2.43 bits per heavy atom. The second-order valence-electron chi connectivity index (χ2n) is 5.83. The standard InChI is InChI=1S/C16H20FNO3/c1-11-7-12(2)9-13(8-11)3-4-14(19)18-6-5-16(17,10-18)15(20)21/h7-9H,3-6,10H2,1-2H3,(H,20,21). The number of likely N-dealkylation sites (tertiary alicyclic amines) is 1. The first kappa shape index (κ1) is 15.5. The van der Waals surface area contributed by atoms with Crippen LogP contribution in [0.5, 0.6) is 0 Å². The van der Waals surface area contributed by atoms with Gasteiger partial charge in [-0.3, -0.25) is 4.79 Å². The molecule has 1 unspecified atom stereocenters. The van der Waals surface area contributed by atoms with Crippen LogP contribution in [0.3, 0.4) is 0 Å². The normalized spacial score (nSPS) is 21.6. The molecule has 1 heterocycles. The Morgan fingerprint density at radius 1 is 1.29 bits per heavy atom. The maximum atomic E-state index is 13.9. The van der Waals surface area contributed by atoms with Crippen LogP contribution < -0.4 is 0 Å². The molecule has 0 aromatic heterocycles. The largest absolute Gasteiger partial charge is 0.479 e. The molecule has 2 rings (SSSR count). The number of carbonyl (C=O) groups excluding carboxylic acids is 1. The molecule has 0 radical (unpaired) electrons. The van der Waals surface area contributed by atoms with Crippen LogP contribution in [-0.2, 0) is 16.0 Å². The van der Waals surface area contributed by atoms with E-state index >= 15 is 0 Å². The van der Waals surface area contributed by atoms with Gasteiger partial charge in [-0.15, -0.1) is 0 Å². The zero-order chi connectivity index (χ0) is 15.6. The highest BCUT2D eigenvalue weighted by atomic mass is 19.1. The summed E-state index contributed by atoms with van der Waals surface area (Å²) in [6, 6.07) is 6.12. The molecular weight excluding hydrogens is 273 g/mol. The van der Waals surface area contributed by atoms with Crippen LogP contribution in [0.2, 0.25) is 0 Å². The summed E-state index contributed by atoms with van der Waals surface area (Å²) in [6.07, 6.45) is 0.737. The van der Waals surface area contributed by atoms with Crippen LogP contribution >= 0.6 is 0 Å². The molecule has 4 nitrogen and oxygen atoms in total. The summed E-state index contributed by atoms with van der Waals surface area (Å²) >= 11 is 0. The van der Waals surface area contributed by atoms with Gasteiger partial charge in [0.2, 0.25) is 11.6 Å². The summed E-state index contributed by atoms with van der Waals surface area (Å²) < 4.78 is 13.9. The number of aliphatic carboxylic acids is 1. The molecular formula is C16H20FNO3. The molecule has 5 heteroatoms. The highest BCUT2D eigenvalue weighted by Gasteiger charge is 2.46. The van der Waals surface area contributed by atoms with Crippen molar-refractivity contribution in [2.24, 2.45) is 0 Å². The lowest BCUT2D eigenvalue weighted by molar-refractivity contribution is -0.150. The minimum absolute atomic E-state index is 0.127. The van der Waals surface area contributed by atoms with E-state index in [1.165, 1.54) is 4.90 Å². The lowest BCUT2D eigenvalue weighted by atomic mass is 10.0. The first-order valence-corrected chi connectivity index (χ1v) is 7.07. The summed E-state index contributed by atoms with van der Waals surface area (Å²) in [7, 11) is 0. The zero-order valence-corrected chi connectivity index (χ0v) is 12.4. The minimum atomic E-state index is -2.28. The van der Waals surface area contributed by atoms with Crippen LogP contribution in [0, 0.1) is 13.8 Å². The van der Waals surface area contributed by atoms with Crippen molar-refractivity contribution >= 4 is 11.9 Å². The molecule has 0 bridgehead atoms. The quantitative estimate of drug-likeness (QED) is 0.926. The van der Waals surface area contributed by atoms with E-state index in [4.69, 9.17) is 5.11 Å². The predicted octanol–water partition coefficient (Wildman–Crippen LogP) is 2.26. The number of amides is 1. The second kappa shape index (κ2) is 5.84. The number of nitrogens with zero attached hydrogens (tertiary/aromatic N) is 1. The molecule has 0 aliphatic carbocycles. The first-order chi connectivity index (χ1) is 9.80. The summed E-state index contributed by atoms with van der Waals surface area (Å²) in [5.74, 6) is -1.66. The van der Waals surface area contributed by atoms with Crippen LogP contribution in [0.1, 0.15) is 29.5 Å². The number of halogens is 1. The van der Waals surface area contributed by atoms with Crippen molar-refractivity contribution in [3.63, 3.8) is 0 Å². The molecule has 1 amide bonds. The average Bonchev–Trinajstić information content (AvgIpc) is 2.79. The van der Waals surface area contributed by atoms with E-state index in [0.717, 1.165) is 16.7 Å². The Labute approximate surface area is 123 Å². The van der Waals surface area contributed by atoms with Crippen LogP contribution in [0.25, 0.3) is 0 Å². The topological polar surface area (TPSA) is 57.6 Å². The van der Waals surface area contributed by atoms with Crippen molar-refractivity contribution in [3.8, 4) is 0 Å². The lowest BCUT2D eigenvalue weighted by Gasteiger charge is -2.17. The van der Waals surface area contributed by atoms with Gasteiger partial charge < -0.3 is 10.0 Å². The fourth-order valence-corrected chi connectivity index (χ4v) is 2.78. The Hall–Kier alpha value is -1.91. The minimum Gasteiger partial charge on any atom is -0.479 e. The summed E-state index contributed by atoms with van der Waals surface area (Å²) in [6.45, 7) is 3.84. The molecule has 0 spiro atoms. The molecule has 1 fully saturated rings. The average molecular weight is 293 g/mol. The molecule has 114 valence electrons. The van der Waals surface area contributed by atoms with E-state index in [1.807, 2.05) is 26.0 Å². The SMILES string of the molecule is Cc1cc(C)cc(CCC(=O)N2CCC(F)(C(=O)O)C2)c1. The number of alkyl halides is 1. The highest BCUT2D eigenvalue weighted by Crippen LogP contribution is 2.26. The monoisotopic (exact) mass is 293 g/mol. The number of hydrogen-bond acceptors (Lipinski definition) is 2. The first-order valence-electron chi connectivity index (χ1n) is 7.07. The molecule has 21 heavy (non-hydrogen) atoms. The van der Waals surface area contributed by atoms with Crippen LogP contribution in [-0.4, -0.2) is 40.6 Å². The van der Waals surface area contributed by atoms with E-state index in [0.29, 0.717) is 6.42 Å². The summed E-state index contributed by atoms with van der Waals surface area (Å²) in [5, 5.41) is 8.83. The highest BCUT2D eigenvalue weighted by molar-refractivity contribution is 5.82. The summed E-state index contributed by atoms with van der Waals surface area (Å²) in [4.78, 5) is 24.2. The molecule has 0 saturated carbocycles. The van der Waals surface area contributed by atoms with Crippen LogP contribution in [0.15, 0.2) is 18.2 Å². The number of aryl methyl sites for hydroxylation is 3. The van der Waals surface area contributed by atoms with Gasteiger partial charge >= 0.3 is 5.97 Å². The summed E-state index contributed by atoms with van der Waals surface area (Å²) in [5.41, 5.74) is 1.08. The fourth-order valence-electron chi connectivity index (χ4n) is 2.78. The van der Waals surface area contributed by atoms with Gasteiger partial charge in [0.1, 0.15) is 0 Å². The van der Waals surface area contributed by atoms with Gasteiger partial charge in [-0.25, -0.2) is 9.18 Å². The number of carboxylic acid groups (broad SMARTS) is 1. The van der Waals surface area contributed by atoms with Crippen molar-refractivity contribution in [2.75, 3.05) is 13.1 Å². The Kier molecular flexibility index (Phi) is 4.30. The van der Waals surface area contributed by atoms with E-state index in [9.17, 15) is 14.0 Å². The molecule has 1 aliphatic rings. The predicted molar refractivity (Wildman–Crippen MR) is 76.9 cm³/mol. The third kappa shape index (κ3) is 3.60. The maximum Gasteiger partial charge on any atom is 0.343 e. The van der Waals surface area contributed by atoms with E-state index < -0.39 is 11.6 Å². The number of benzene rings is 1. The van der Waals surface area contributed by atoms with Gasteiger partial charge in [0.25, 0.3) is 0 Å². The molecule has 1 aromatic rings. The number of rotatable bonds is 4. The van der Waals surface area contributed by atoms with Gasteiger partial charge in [0.05, 0.1) is 6.54 Å². The molecule has 1 saturated heterocycles. The third-order valence-corrected chi connectivity index (χ3v) is 3.86. The van der Waals surface area contributed by atoms with Gasteiger partial charge in [0, 0.05) is 19.4 Å². The van der Waals surface area contributed by atoms with E-state index in [2.05, 4.69) is 6.07 Å². The van der Waals surface area contributed by atoms with Crippen molar-refractivity contribution < 1.29 is 19.1 Å². The van der Waals surface area contributed by atoms with E-state index in [-0.39, 0.29) is 31.8 Å². The molecule has 1 aromatic carbocycles. The van der Waals surface area contributed by atoms with Crippen molar-refractivity contribution in [3.05, 3.63) is 34.9 Å². The smallest absolute Gasteiger partial charge is 0.343 e. The van der Waals surface area contributed by atoms with Gasteiger partial charge in [-0.2, -0.15) is 0 Å². The van der Waals surface area contributed by atoms with E-state index in [1.54, 1.807) is 0 Å². The Morgan fingerprint density at radius 2 is 1.90 bits per heavy atom. The van der Waals surface area contributed by atoms with Gasteiger partial charge in [-0.05, 0) is 25.8 Å². The second-order valence-corrected chi connectivity index (χ2v) is 5.83. The molecule has 1 aliphatic heterocycles. The van der Waals surface area contributed by atoms with Gasteiger partial charge in [-0.1, -0.05) is 29.3 Å². The zero-order valence-electron chi connectivity index (χ0n) is 12.4. The lowest BCUT2D eigenvalue weighted by Crippen LogP contribution is -2.38. The molecule has 1 atom stereocenters. The maximum absolute atomic E-state index is 13.9. The van der Waals surface area contributed by atoms with Crippen LogP contribution in [0.4, 0.5) is 4.39 Å².